The topological polar surface area (TPSA) is 132 Å². The van der Waals surface area contributed by atoms with Gasteiger partial charge in [-0.1, -0.05) is 0 Å². The first kappa shape index (κ1) is 21.3. The molecule has 4 rings (SSSR count). The lowest BCUT2D eigenvalue weighted by Gasteiger charge is -2.10. The smallest absolute Gasteiger partial charge is 0.255 e. The molecule has 0 unspecified atom stereocenters. The van der Waals surface area contributed by atoms with Crippen molar-refractivity contribution in [2.24, 2.45) is 0 Å². The number of hydrogen-bond acceptors (Lipinski definition) is 7. The van der Waals surface area contributed by atoms with Gasteiger partial charge in [-0.05, 0) is 71.9 Å². The van der Waals surface area contributed by atoms with Crippen LogP contribution in [0.25, 0.3) is 5.69 Å². The molecule has 12 heteroatoms. The third-order valence-corrected chi connectivity index (χ3v) is 5.93. The number of sulfonamides is 1. The Labute approximate surface area is 182 Å². The van der Waals surface area contributed by atoms with Crippen molar-refractivity contribution < 1.29 is 22.0 Å². The molecule has 0 bridgehead atoms. The monoisotopic (exact) mass is 456 g/mol. The second-order valence-corrected chi connectivity index (χ2v) is 8.45. The quantitative estimate of drug-likeness (QED) is 0.436. The number of tetrazole rings is 1. The number of nitrogens with one attached hydrogen (secondary N) is 2. The van der Waals surface area contributed by atoms with Gasteiger partial charge in [0.1, 0.15) is 11.6 Å². The Morgan fingerprint density at radius 1 is 1.16 bits per heavy atom. The summed E-state index contributed by atoms with van der Waals surface area (Å²) in [5.41, 5.74) is 0.547. The van der Waals surface area contributed by atoms with Crippen molar-refractivity contribution in [3.63, 3.8) is 0 Å². The highest BCUT2D eigenvalue weighted by atomic mass is 32.2. The number of anilines is 1. The largest absolute Gasteiger partial charge is 0.468 e. The number of rotatable bonds is 7. The summed E-state index contributed by atoms with van der Waals surface area (Å²) >= 11 is 0. The summed E-state index contributed by atoms with van der Waals surface area (Å²) in [6, 6.07) is 12.6. The number of aromatic nitrogens is 4. The molecule has 0 fully saturated rings. The Bertz CT molecular complexity index is 1350. The molecular formula is C20H17FN6O4S. The second kappa shape index (κ2) is 8.69. The SMILES string of the molecule is Cc1nnnn1-c1ccc(F)c(NC(=O)c2ccc(S(=O)(=O)NCc3ccco3)cc2)c1. The number of amides is 1. The minimum absolute atomic E-state index is 0.00600. The molecular weight excluding hydrogens is 439 g/mol. The van der Waals surface area contributed by atoms with E-state index < -0.39 is 21.7 Å². The van der Waals surface area contributed by atoms with Crippen molar-refractivity contribution in [2.45, 2.75) is 18.4 Å². The fraction of sp³-hybridized carbons (Fsp3) is 0.100. The summed E-state index contributed by atoms with van der Waals surface area (Å²) in [6.45, 7) is 1.68. The van der Waals surface area contributed by atoms with Crippen molar-refractivity contribution in [2.75, 3.05) is 5.32 Å². The molecule has 2 heterocycles. The van der Waals surface area contributed by atoms with E-state index in [1.807, 2.05) is 0 Å². The van der Waals surface area contributed by atoms with Crippen LogP contribution in [0.15, 0.2) is 70.2 Å². The first-order chi connectivity index (χ1) is 15.3. The zero-order chi connectivity index (χ0) is 22.7. The van der Waals surface area contributed by atoms with Gasteiger partial charge in [0.2, 0.25) is 10.0 Å². The number of halogens is 1. The van der Waals surface area contributed by atoms with E-state index in [2.05, 4.69) is 25.6 Å². The Morgan fingerprint density at radius 3 is 2.59 bits per heavy atom. The van der Waals surface area contributed by atoms with Crippen LogP contribution < -0.4 is 10.0 Å². The van der Waals surface area contributed by atoms with E-state index in [4.69, 9.17) is 4.42 Å². The van der Waals surface area contributed by atoms with Crippen LogP contribution in [0.2, 0.25) is 0 Å². The highest BCUT2D eigenvalue weighted by Crippen LogP contribution is 2.20. The first-order valence-electron chi connectivity index (χ1n) is 9.32. The number of carbonyl (C=O) groups excluding carboxylic acids is 1. The van der Waals surface area contributed by atoms with Crippen LogP contribution in [-0.4, -0.2) is 34.5 Å². The summed E-state index contributed by atoms with van der Waals surface area (Å²) in [6.07, 6.45) is 1.44. The number of furan rings is 1. The van der Waals surface area contributed by atoms with Gasteiger partial charge < -0.3 is 9.73 Å². The van der Waals surface area contributed by atoms with Crippen molar-refractivity contribution in [1.29, 1.82) is 0 Å². The standard InChI is InChI=1S/C20H17FN6O4S/c1-13-24-25-26-27(13)15-6-9-18(21)19(11-15)23-20(28)14-4-7-17(8-5-14)32(29,30)22-12-16-3-2-10-31-16/h2-11,22H,12H2,1H3,(H,23,28). The van der Waals surface area contributed by atoms with Gasteiger partial charge in [-0.3, -0.25) is 4.79 Å². The van der Waals surface area contributed by atoms with Crippen LogP contribution in [-0.2, 0) is 16.6 Å². The van der Waals surface area contributed by atoms with Gasteiger partial charge in [0.05, 0.1) is 29.1 Å². The maximum absolute atomic E-state index is 14.2. The molecule has 0 saturated heterocycles. The molecule has 4 aromatic rings. The molecule has 2 aromatic heterocycles. The van der Waals surface area contributed by atoms with Gasteiger partial charge in [0, 0.05) is 5.56 Å². The molecule has 2 aromatic carbocycles. The molecule has 32 heavy (non-hydrogen) atoms. The highest BCUT2D eigenvalue weighted by molar-refractivity contribution is 7.89. The van der Waals surface area contributed by atoms with Crippen LogP contribution in [0.5, 0.6) is 0 Å². The molecule has 10 nitrogen and oxygen atoms in total. The predicted molar refractivity (Wildman–Crippen MR) is 111 cm³/mol. The van der Waals surface area contributed by atoms with Crippen molar-refractivity contribution in [3.05, 3.63) is 83.8 Å². The maximum Gasteiger partial charge on any atom is 0.255 e. The van der Waals surface area contributed by atoms with Crippen LogP contribution in [0.3, 0.4) is 0 Å². The fourth-order valence-electron chi connectivity index (χ4n) is 2.85. The van der Waals surface area contributed by atoms with Crippen molar-refractivity contribution >= 4 is 21.6 Å². The molecule has 164 valence electrons. The predicted octanol–water partition coefficient (Wildman–Crippen LogP) is 2.43. The molecule has 0 spiro atoms. The summed E-state index contributed by atoms with van der Waals surface area (Å²) in [5.74, 6) is -0.298. The van der Waals surface area contributed by atoms with Crippen molar-refractivity contribution in [1.82, 2.24) is 24.9 Å². The van der Waals surface area contributed by atoms with E-state index in [1.165, 1.54) is 53.4 Å². The Hall–Kier alpha value is -3.90. The number of aryl methyl sites for hydroxylation is 1. The molecule has 1 amide bonds. The van der Waals surface area contributed by atoms with E-state index in [1.54, 1.807) is 19.1 Å². The van der Waals surface area contributed by atoms with Crippen LogP contribution in [0.1, 0.15) is 21.9 Å². The second-order valence-electron chi connectivity index (χ2n) is 6.68. The lowest BCUT2D eigenvalue weighted by molar-refractivity contribution is 0.102. The van der Waals surface area contributed by atoms with Gasteiger partial charge in [-0.2, -0.15) is 4.68 Å². The Kier molecular flexibility index (Phi) is 5.79. The molecule has 0 radical (unpaired) electrons. The molecule has 0 saturated carbocycles. The molecule has 0 aliphatic rings. The minimum Gasteiger partial charge on any atom is -0.468 e. The summed E-state index contributed by atoms with van der Waals surface area (Å²) in [5, 5.41) is 13.6. The van der Waals surface area contributed by atoms with Crippen molar-refractivity contribution in [3.8, 4) is 5.69 Å². The molecule has 0 aliphatic heterocycles. The van der Waals surface area contributed by atoms with Gasteiger partial charge in [0.25, 0.3) is 5.91 Å². The number of carbonyl (C=O) groups is 1. The normalized spacial score (nSPS) is 11.4. The van der Waals surface area contributed by atoms with E-state index in [0.29, 0.717) is 17.3 Å². The summed E-state index contributed by atoms with van der Waals surface area (Å²) in [4.78, 5) is 12.5. The summed E-state index contributed by atoms with van der Waals surface area (Å²) < 4.78 is 47.9. The number of nitrogens with zero attached hydrogens (tertiary/aromatic N) is 4. The van der Waals surface area contributed by atoms with E-state index in [0.717, 1.165) is 0 Å². The Morgan fingerprint density at radius 2 is 1.94 bits per heavy atom. The first-order valence-corrected chi connectivity index (χ1v) is 10.8. The minimum atomic E-state index is -3.80. The molecule has 0 aliphatic carbocycles. The number of benzene rings is 2. The zero-order valence-electron chi connectivity index (χ0n) is 16.7. The van der Waals surface area contributed by atoms with Gasteiger partial charge in [0.15, 0.2) is 5.82 Å². The van der Waals surface area contributed by atoms with Gasteiger partial charge in [-0.15, -0.1) is 5.10 Å². The average molecular weight is 456 g/mol. The zero-order valence-corrected chi connectivity index (χ0v) is 17.5. The fourth-order valence-corrected chi connectivity index (χ4v) is 3.85. The average Bonchev–Trinajstić information content (AvgIpc) is 3.46. The van der Waals surface area contributed by atoms with E-state index in [-0.39, 0.29) is 22.7 Å². The summed E-state index contributed by atoms with van der Waals surface area (Å²) in [7, 11) is -3.80. The van der Waals surface area contributed by atoms with Gasteiger partial charge >= 0.3 is 0 Å². The van der Waals surface area contributed by atoms with Gasteiger partial charge in [-0.25, -0.2) is 17.5 Å². The third-order valence-electron chi connectivity index (χ3n) is 4.51. The highest BCUT2D eigenvalue weighted by Gasteiger charge is 2.17. The van der Waals surface area contributed by atoms with Crippen LogP contribution in [0.4, 0.5) is 10.1 Å². The lowest BCUT2D eigenvalue weighted by Crippen LogP contribution is -2.23. The Balaban J connectivity index is 1.48. The van der Waals surface area contributed by atoms with Crippen LogP contribution in [0, 0.1) is 12.7 Å². The molecule has 0 atom stereocenters. The van der Waals surface area contributed by atoms with E-state index in [9.17, 15) is 17.6 Å². The molecule has 2 N–H and O–H groups in total. The maximum atomic E-state index is 14.2. The van der Waals surface area contributed by atoms with Crippen LogP contribution >= 0.6 is 0 Å². The third kappa shape index (κ3) is 4.55. The van der Waals surface area contributed by atoms with E-state index >= 15 is 0 Å². The lowest BCUT2D eigenvalue weighted by atomic mass is 10.2. The number of hydrogen-bond donors (Lipinski definition) is 2.